The van der Waals surface area contributed by atoms with Gasteiger partial charge in [-0.05, 0) is 32.6 Å². The molecule has 0 amide bonds. The van der Waals surface area contributed by atoms with Crippen LogP contribution in [0.3, 0.4) is 0 Å². The van der Waals surface area contributed by atoms with E-state index >= 15 is 0 Å². The fourth-order valence-corrected chi connectivity index (χ4v) is 2.31. The van der Waals surface area contributed by atoms with Gasteiger partial charge in [0, 0.05) is 0 Å². The fourth-order valence-electron chi connectivity index (χ4n) is 2.31. The van der Waals surface area contributed by atoms with Gasteiger partial charge in [0.1, 0.15) is 6.10 Å². The van der Waals surface area contributed by atoms with Gasteiger partial charge in [-0.3, -0.25) is 0 Å². The molecule has 3 atom stereocenters. The third-order valence-corrected chi connectivity index (χ3v) is 3.21. The molecule has 0 aromatic rings. The zero-order valence-corrected chi connectivity index (χ0v) is 7.55. The van der Waals surface area contributed by atoms with Crippen LogP contribution in [-0.4, -0.2) is 22.4 Å². The highest BCUT2D eigenvalue weighted by Gasteiger charge is 2.67. The number of hydrogen-bond acceptors (Lipinski definition) is 2. The lowest BCUT2D eigenvalue weighted by atomic mass is 9.94. The van der Waals surface area contributed by atoms with Crippen molar-refractivity contribution in [3.63, 3.8) is 0 Å². The summed E-state index contributed by atoms with van der Waals surface area (Å²) >= 11 is 0. The standard InChI is InChI=1S/C10H16O2/c1-3-4-5-10(11)7-6-9(2)8(10)12-9/h3,8,11H,1,4-7H2,2H3/t8-,9-,10+/m1/s1. The number of hydrogen-bond donors (Lipinski definition) is 1. The van der Waals surface area contributed by atoms with Crippen LogP contribution in [-0.2, 0) is 4.74 Å². The van der Waals surface area contributed by atoms with Gasteiger partial charge in [0.15, 0.2) is 0 Å². The minimum absolute atomic E-state index is 0.00984. The van der Waals surface area contributed by atoms with Crippen molar-refractivity contribution >= 4 is 0 Å². The normalized spacial score (nSPS) is 50.3. The summed E-state index contributed by atoms with van der Waals surface area (Å²) in [6.45, 7) is 5.74. The van der Waals surface area contributed by atoms with Gasteiger partial charge in [0.05, 0.1) is 11.2 Å². The topological polar surface area (TPSA) is 32.8 Å². The van der Waals surface area contributed by atoms with Crippen molar-refractivity contribution in [2.24, 2.45) is 0 Å². The van der Waals surface area contributed by atoms with Gasteiger partial charge in [-0.15, -0.1) is 6.58 Å². The van der Waals surface area contributed by atoms with E-state index < -0.39 is 5.60 Å². The molecule has 0 bridgehead atoms. The molecule has 0 aromatic heterocycles. The molecule has 1 N–H and O–H groups in total. The number of rotatable bonds is 3. The second-order valence-corrected chi connectivity index (χ2v) is 4.24. The molecule has 2 aliphatic rings. The molecular formula is C10H16O2. The number of ether oxygens (including phenoxy) is 1. The summed E-state index contributed by atoms with van der Waals surface area (Å²) < 4.78 is 5.47. The zero-order valence-electron chi connectivity index (χ0n) is 7.55. The first-order valence-electron chi connectivity index (χ1n) is 4.62. The van der Waals surface area contributed by atoms with Crippen LogP contribution in [0.1, 0.15) is 32.6 Å². The molecule has 1 heterocycles. The Morgan fingerprint density at radius 1 is 1.67 bits per heavy atom. The molecule has 0 aromatic carbocycles. The summed E-state index contributed by atoms with van der Waals surface area (Å²) in [5.74, 6) is 0. The molecule has 68 valence electrons. The summed E-state index contributed by atoms with van der Waals surface area (Å²) in [7, 11) is 0. The number of fused-ring (bicyclic) bond motifs is 1. The molecule has 1 saturated heterocycles. The maximum Gasteiger partial charge on any atom is 0.116 e. The Hall–Kier alpha value is -0.340. The van der Waals surface area contributed by atoms with E-state index in [9.17, 15) is 5.11 Å². The molecule has 1 aliphatic heterocycles. The summed E-state index contributed by atoms with van der Waals surface area (Å²) in [5.41, 5.74) is -0.543. The van der Waals surface area contributed by atoms with E-state index in [1.165, 1.54) is 0 Å². The van der Waals surface area contributed by atoms with E-state index in [1.54, 1.807) is 0 Å². The first-order valence-corrected chi connectivity index (χ1v) is 4.62. The summed E-state index contributed by atoms with van der Waals surface area (Å²) in [6, 6.07) is 0. The molecule has 0 spiro atoms. The molecule has 1 saturated carbocycles. The lowest BCUT2D eigenvalue weighted by Gasteiger charge is -2.21. The maximum absolute atomic E-state index is 10.1. The maximum atomic E-state index is 10.1. The molecule has 12 heavy (non-hydrogen) atoms. The van der Waals surface area contributed by atoms with E-state index in [0.29, 0.717) is 0 Å². The van der Waals surface area contributed by atoms with Gasteiger partial charge < -0.3 is 9.84 Å². The SMILES string of the molecule is C=CCC[C@]1(O)CC[C@@]2(C)O[C@@H]12. The zero-order chi connectivity index (χ0) is 8.82. The second kappa shape index (κ2) is 2.33. The molecule has 0 unspecified atom stereocenters. The van der Waals surface area contributed by atoms with Crippen LogP contribution in [0, 0.1) is 0 Å². The van der Waals surface area contributed by atoms with Crippen LogP contribution >= 0.6 is 0 Å². The summed E-state index contributed by atoms with van der Waals surface area (Å²) in [5, 5.41) is 10.1. The first-order chi connectivity index (χ1) is 5.61. The van der Waals surface area contributed by atoms with Crippen LogP contribution in [0.25, 0.3) is 0 Å². The molecule has 2 nitrogen and oxygen atoms in total. The van der Waals surface area contributed by atoms with Crippen LogP contribution < -0.4 is 0 Å². The van der Waals surface area contributed by atoms with Gasteiger partial charge in [0.2, 0.25) is 0 Å². The van der Waals surface area contributed by atoms with E-state index in [0.717, 1.165) is 25.7 Å². The van der Waals surface area contributed by atoms with Gasteiger partial charge in [-0.2, -0.15) is 0 Å². The smallest absolute Gasteiger partial charge is 0.116 e. The molecule has 1 aliphatic carbocycles. The van der Waals surface area contributed by atoms with Crippen molar-refractivity contribution in [1.82, 2.24) is 0 Å². The fraction of sp³-hybridized carbons (Fsp3) is 0.800. The highest BCUT2D eigenvalue weighted by atomic mass is 16.6. The predicted octanol–water partition coefficient (Wildman–Crippen LogP) is 1.64. The number of aliphatic hydroxyl groups is 1. The average molecular weight is 168 g/mol. The molecule has 2 heteroatoms. The lowest BCUT2D eigenvalue weighted by Crippen LogP contribution is -2.32. The molecular weight excluding hydrogens is 152 g/mol. The largest absolute Gasteiger partial charge is 0.387 e. The monoisotopic (exact) mass is 168 g/mol. The van der Waals surface area contributed by atoms with Crippen molar-refractivity contribution < 1.29 is 9.84 Å². The summed E-state index contributed by atoms with van der Waals surface area (Å²) in [6.07, 6.45) is 5.54. The second-order valence-electron chi connectivity index (χ2n) is 4.24. The Morgan fingerprint density at radius 3 is 2.83 bits per heavy atom. The third kappa shape index (κ3) is 1.02. The Bertz CT molecular complexity index is 214. The van der Waals surface area contributed by atoms with Crippen LogP contribution in [0.5, 0.6) is 0 Å². The van der Waals surface area contributed by atoms with Crippen molar-refractivity contribution in [3.8, 4) is 0 Å². The van der Waals surface area contributed by atoms with E-state index in [1.807, 2.05) is 6.08 Å². The van der Waals surface area contributed by atoms with Crippen LogP contribution in [0.2, 0.25) is 0 Å². The van der Waals surface area contributed by atoms with Gasteiger partial charge >= 0.3 is 0 Å². The highest BCUT2D eigenvalue weighted by molar-refractivity contribution is 5.16. The first kappa shape index (κ1) is 8.27. The van der Waals surface area contributed by atoms with E-state index in [2.05, 4.69) is 13.5 Å². The van der Waals surface area contributed by atoms with Crippen LogP contribution in [0.15, 0.2) is 12.7 Å². The molecule has 0 radical (unpaired) electrons. The quantitative estimate of drug-likeness (QED) is 0.513. The Kier molecular flexibility index (Phi) is 1.61. The molecule has 2 rings (SSSR count). The lowest BCUT2D eigenvalue weighted by molar-refractivity contribution is -0.00481. The average Bonchev–Trinajstić information content (AvgIpc) is 2.67. The molecule has 2 fully saturated rings. The number of allylic oxidation sites excluding steroid dienone is 1. The van der Waals surface area contributed by atoms with Gasteiger partial charge in [0.25, 0.3) is 0 Å². The minimum Gasteiger partial charge on any atom is -0.387 e. The Labute approximate surface area is 73.2 Å². The Balaban J connectivity index is 1.99. The van der Waals surface area contributed by atoms with Crippen LogP contribution in [0.4, 0.5) is 0 Å². The minimum atomic E-state index is -0.553. The Morgan fingerprint density at radius 2 is 2.42 bits per heavy atom. The van der Waals surface area contributed by atoms with Gasteiger partial charge in [-0.25, -0.2) is 0 Å². The van der Waals surface area contributed by atoms with E-state index in [4.69, 9.17) is 4.74 Å². The summed E-state index contributed by atoms with van der Waals surface area (Å²) in [4.78, 5) is 0. The van der Waals surface area contributed by atoms with Crippen molar-refractivity contribution in [3.05, 3.63) is 12.7 Å². The number of epoxide rings is 1. The van der Waals surface area contributed by atoms with Crippen molar-refractivity contribution in [1.29, 1.82) is 0 Å². The highest BCUT2D eigenvalue weighted by Crippen LogP contribution is 2.56. The van der Waals surface area contributed by atoms with Crippen molar-refractivity contribution in [2.75, 3.05) is 0 Å². The van der Waals surface area contributed by atoms with Crippen molar-refractivity contribution in [2.45, 2.75) is 49.9 Å². The van der Waals surface area contributed by atoms with Gasteiger partial charge in [-0.1, -0.05) is 6.08 Å². The predicted molar refractivity (Wildman–Crippen MR) is 46.9 cm³/mol. The third-order valence-electron chi connectivity index (χ3n) is 3.21. The van der Waals surface area contributed by atoms with E-state index in [-0.39, 0.29) is 11.7 Å².